The molecule has 5 nitrogen and oxygen atoms in total. The molecule has 3 aromatic rings. The van der Waals surface area contributed by atoms with Crippen LogP contribution in [0.3, 0.4) is 0 Å². The number of benzene rings is 2. The van der Waals surface area contributed by atoms with Gasteiger partial charge in [-0.05, 0) is 49.7 Å². The third-order valence-corrected chi connectivity index (χ3v) is 5.04. The Morgan fingerprint density at radius 2 is 1.93 bits per heavy atom. The van der Waals surface area contributed by atoms with Gasteiger partial charge in [-0.2, -0.15) is 5.26 Å². The number of fused-ring (bicyclic) bond motifs is 1. The van der Waals surface area contributed by atoms with Gasteiger partial charge in [0.15, 0.2) is 5.78 Å². The number of nitrogens with zero attached hydrogens (tertiary/aromatic N) is 2. The second-order valence-electron chi connectivity index (χ2n) is 6.07. The van der Waals surface area contributed by atoms with Crippen molar-refractivity contribution in [2.24, 2.45) is 0 Å². The zero-order chi connectivity index (χ0) is 19.4. The topological polar surface area (TPSA) is 82.8 Å². The molecule has 6 heteroatoms. The molecule has 1 amide bonds. The zero-order valence-corrected chi connectivity index (χ0v) is 15.8. The van der Waals surface area contributed by atoms with Crippen LogP contribution in [0.1, 0.15) is 28.4 Å². The molecular formula is C21H17N3O2S. The van der Waals surface area contributed by atoms with Crippen molar-refractivity contribution in [2.45, 2.75) is 18.9 Å². The number of Topliss-reactive ketones (excluding diaryl/α,β-unsaturated/α-hetero) is 1. The molecule has 1 heterocycles. The third kappa shape index (κ3) is 4.33. The molecule has 0 saturated carbocycles. The minimum Gasteiger partial charge on any atom is -0.325 e. The number of aromatic nitrogens is 1. The molecular weight excluding hydrogens is 358 g/mol. The van der Waals surface area contributed by atoms with E-state index in [4.69, 9.17) is 0 Å². The van der Waals surface area contributed by atoms with Crippen LogP contribution in [0.15, 0.2) is 53.6 Å². The highest BCUT2D eigenvalue weighted by molar-refractivity contribution is 8.00. The largest absolute Gasteiger partial charge is 0.325 e. The number of para-hydroxylation sites is 1. The minimum absolute atomic E-state index is 0.0230. The monoisotopic (exact) mass is 375 g/mol. The number of rotatable bonds is 5. The smallest absolute Gasteiger partial charge is 0.234 e. The number of aryl methyl sites for hydroxylation is 1. The van der Waals surface area contributed by atoms with Gasteiger partial charge in [-0.3, -0.25) is 9.59 Å². The van der Waals surface area contributed by atoms with Gasteiger partial charge in [0, 0.05) is 16.6 Å². The second kappa shape index (κ2) is 8.02. The number of amides is 1. The van der Waals surface area contributed by atoms with E-state index in [0.717, 1.165) is 16.5 Å². The van der Waals surface area contributed by atoms with Crippen LogP contribution in [0.4, 0.5) is 5.69 Å². The van der Waals surface area contributed by atoms with Crippen molar-refractivity contribution in [2.75, 3.05) is 11.1 Å². The molecule has 0 atom stereocenters. The van der Waals surface area contributed by atoms with Gasteiger partial charge in [0.1, 0.15) is 11.1 Å². The Bertz CT molecular complexity index is 1070. The Morgan fingerprint density at radius 3 is 2.59 bits per heavy atom. The van der Waals surface area contributed by atoms with E-state index in [1.165, 1.54) is 18.7 Å². The van der Waals surface area contributed by atoms with Crippen LogP contribution in [0.2, 0.25) is 0 Å². The highest BCUT2D eigenvalue weighted by Gasteiger charge is 2.11. The number of pyridine rings is 1. The molecule has 134 valence electrons. The molecule has 0 saturated heterocycles. The van der Waals surface area contributed by atoms with Crippen LogP contribution in [-0.2, 0) is 4.79 Å². The molecule has 1 aromatic heterocycles. The fraction of sp³-hybridized carbons (Fsp3) is 0.143. The summed E-state index contributed by atoms with van der Waals surface area (Å²) >= 11 is 1.23. The van der Waals surface area contributed by atoms with Crippen LogP contribution in [-0.4, -0.2) is 22.4 Å². The lowest BCUT2D eigenvalue weighted by atomic mass is 10.1. The minimum atomic E-state index is -0.203. The summed E-state index contributed by atoms with van der Waals surface area (Å²) in [5.41, 5.74) is 3.52. The van der Waals surface area contributed by atoms with E-state index in [1.807, 2.05) is 25.1 Å². The number of nitrogens with one attached hydrogen (secondary N) is 1. The molecule has 0 spiro atoms. The molecule has 0 unspecified atom stereocenters. The van der Waals surface area contributed by atoms with E-state index in [-0.39, 0.29) is 17.4 Å². The highest BCUT2D eigenvalue weighted by Crippen LogP contribution is 2.26. The molecule has 2 aromatic carbocycles. The maximum Gasteiger partial charge on any atom is 0.234 e. The van der Waals surface area contributed by atoms with Crippen LogP contribution in [0.25, 0.3) is 10.9 Å². The van der Waals surface area contributed by atoms with Gasteiger partial charge < -0.3 is 5.32 Å². The maximum absolute atomic E-state index is 12.2. The normalized spacial score (nSPS) is 10.4. The molecule has 0 aliphatic heterocycles. The second-order valence-corrected chi connectivity index (χ2v) is 7.03. The summed E-state index contributed by atoms with van der Waals surface area (Å²) in [5.74, 6) is -0.0932. The summed E-state index contributed by atoms with van der Waals surface area (Å²) in [6.07, 6.45) is 0. The maximum atomic E-state index is 12.2. The van der Waals surface area contributed by atoms with E-state index >= 15 is 0 Å². The Hall–Kier alpha value is -3.17. The summed E-state index contributed by atoms with van der Waals surface area (Å²) < 4.78 is 0. The van der Waals surface area contributed by atoms with Gasteiger partial charge in [-0.15, -0.1) is 0 Å². The fourth-order valence-electron chi connectivity index (χ4n) is 2.64. The van der Waals surface area contributed by atoms with E-state index in [0.29, 0.717) is 21.8 Å². The number of hydrogen-bond acceptors (Lipinski definition) is 5. The average Bonchev–Trinajstić information content (AvgIpc) is 2.66. The SMILES string of the molecule is CC(=O)c1ccc(NC(=O)CSc2nc3c(C)cccc3cc2C#N)cc1. The number of thioether (sulfide) groups is 1. The van der Waals surface area contributed by atoms with E-state index in [9.17, 15) is 14.9 Å². The Morgan fingerprint density at radius 1 is 1.19 bits per heavy atom. The van der Waals surface area contributed by atoms with Gasteiger partial charge in [-0.1, -0.05) is 30.0 Å². The van der Waals surface area contributed by atoms with Crippen molar-refractivity contribution in [3.63, 3.8) is 0 Å². The van der Waals surface area contributed by atoms with Gasteiger partial charge in [0.25, 0.3) is 0 Å². The summed E-state index contributed by atoms with van der Waals surface area (Å²) in [6.45, 7) is 3.46. The van der Waals surface area contributed by atoms with Crippen molar-refractivity contribution in [3.8, 4) is 6.07 Å². The molecule has 27 heavy (non-hydrogen) atoms. The average molecular weight is 375 g/mol. The van der Waals surface area contributed by atoms with Crippen molar-refractivity contribution in [1.29, 1.82) is 5.26 Å². The predicted molar refractivity (Wildman–Crippen MR) is 107 cm³/mol. The van der Waals surface area contributed by atoms with Crippen molar-refractivity contribution in [3.05, 3.63) is 65.2 Å². The lowest BCUT2D eigenvalue weighted by Crippen LogP contribution is -2.14. The van der Waals surface area contributed by atoms with Crippen LogP contribution >= 0.6 is 11.8 Å². The van der Waals surface area contributed by atoms with Gasteiger partial charge in [-0.25, -0.2) is 4.98 Å². The van der Waals surface area contributed by atoms with Crippen molar-refractivity contribution < 1.29 is 9.59 Å². The van der Waals surface area contributed by atoms with Gasteiger partial charge in [0.05, 0.1) is 16.8 Å². The lowest BCUT2D eigenvalue weighted by molar-refractivity contribution is -0.113. The zero-order valence-electron chi connectivity index (χ0n) is 14.9. The number of hydrogen-bond donors (Lipinski definition) is 1. The number of anilines is 1. The first-order chi connectivity index (χ1) is 13.0. The first kappa shape index (κ1) is 18.6. The summed E-state index contributed by atoms with van der Waals surface area (Å²) in [6, 6.07) is 16.5. The first-order valence-corrected chi connectivity index (χ1v) is 9.30. The van der Waals surface area contributed by atoms with Crippen LogP contribution < -0.4 is 5.32 Å². The van der Waals surface area contributed by atoms with E-state index in [1.54, 1.807) is 30.3 Å². The molecule has 0 radical (unpaired) electrons. The fourth-order valence-corrected chi connectivity index (χ4v) is 3.40. The third-order valence-electron chi connectivity index (χ3n) is 4.05. The quantitative estimate of drug-likeness (QED) is 0.529. The molecule has 1 N–H and O–H groups in total. The standard InChI is InChI=1S/C21H17N3O2S/c1-13-4-3-5-16-10-17(11-22)21(24-20(13)16)27-12-19(26)23-18-8-6-15(7-9-18)14(2)25/h3-10H,12H2,1-2H3,(H,23,26). The molecule has 3 rings (SSSR count). The number of nitriles is 1. The summed E-state index contributed by atoms with van der Waals surface area (Å²) in [4.78, 5) is 28.1. The summed E-state index contributed by atoms with van der Waals surface area (Å²) in [7, 11) is 0. The van der Waals surface area contributed by atoms with E-state index in [2.05, 4.69) is 16.4 Å². The molecule has 0 aliphatic carbocycles. The lowest BCUT2D eigenvalue weighted by Gasteiger charge is -2.08. The number of carbonyl (C=O) groups is 2. The predicted octanol–water partition coefficient (Wildman–Crippen LogP) is 4.35. The number of carbonyl (C=O) groups excluding carboxylic acids is 2. The Labute approximate surface area is 161 Å². The first-order valence-electron chi connectivity index (χ1n) is 8.32. The van der Waals surface area contributed by atoms with Crippen molar-refractivity contribution in [1.82, 2.24) is 4.98 Å². The Kier molecular flexibility index (Phi) is 5.53. The Balaban J connectivity index is 1.72. The van der Waals surface area contributed by atoms with E-state index < -0.39 is 0 Å². The molecule has 0 fully saturated rings. The van der Waals surface area contributed by atoms with Gasteiger partial charge in [0.2, 0.25) is 5.91 Å². The van der Waals surface area contributed by atoms with Gasteiger partial charge >= 0.3 is 0 Å². The summed E-state index contributed by atoms with van der Waals surface area (Å²) in [5, 5.41) is 13.6. The van der Waals surface area contributed by atoms with Crippen molar-refractivity contribution >= 4 is 40.0 Å². The molecule has 0 aliphatic rings. The van der Waals surface area contributed by atoms with Crippen LogP contribution in [0, 0.1) is 18.3 Å². The molecule has 0 bridgehead atoms. The number of ketones is 1. The highest BCUT2D eigenvalue weighted by atomic mass is 32.2. The van der Waals surface area contributed by atoms with Crippen LogP contribution in [0.5, 0.6) is 0 Å².